The summed E-state index contributed by atoms with van der Waals surface area (Å²) in [5.41, 5.74) is 1.02. The molecular formula is C10H15F5LiO3PS. The molecule has 0 fully saturated rings. The van der Waals surface area contributed by atoms with Crippen LogP contribution in [0.3, 0.4) is 0 Å². The van der Waals surface area contributed by atoms with Gasteiger partial charge in [0.1, 0.15) is 0 Å². The van der Waals surface area contributed by atoms with Gasteiger partial charge < -0.3 is 0 Å². The van der Waals surface area contributed by atoms with Crippen molar-refractivity contribution in [2.45, 2.75) is 31.1 Å². The Balaban J connectivity index is 0. The molecule has 1 aromatic carbocycles. The minimum absolute atomic E-state index is 0. The Morgan fingerprint density at radius 1 is 0.952 bits per heavy atom. The van der Waals surface area contributed by atoms with Crippen molar-refractivity contribution in [2.24, 2.45) is 0 Å². The molecule has 0 aliphatic rings. The molecule has 0 spiro atoms. The molecule has 0 amide bonds. The van der Waals surface area contributed by atoms with Crippen molar-refractivity contribution in [3.63, 3.8) is 0 Å². The van der Waals surface area contributed by atoms with Gasteiger partial charge in [-0.25, -0.2) is 0 Å². The van der Waals surface area contributed by atoms with Gasteiger partial charge in [-0.15, -0.1) is 0 Å². The molecule has 0 saturated carbocycles. The zero-order valence-corrected chi connectivity index (χ0v) is 12.5. The van der Waals surface area contributed by atoms with E-state index in [-0.39, 0.29) is 29.2 Å². The normalized spacial score (nSPS) is 14.0. The van der Waals surface area contributed by atoms with E-state index in [0.29, 0.717) is 0 Å². The van der Waals surface area contributed by atoms with E-state index < -0.39 is 18.3 Å². The second-order valence-electron chi connectivity index (χ2n) is 4.89. The topological polar surface area (TPSA) is 54.4 Å². The van der Waals surface area contributed by atoms with E-state index in [9.17, 15) is 29.4 Å². The van der Waals surface area contributed by atoms with Crippen LogP contribution in [0.15, 0.2) is 29.2 Å². The average molecular weight is 348 g/mol. The number of hydrogen-bond acceptors (Lipinski definition) is 2. The number of rotatable bonds is 1. The Kier molecular flexibility index (Phi) is 7.61. The summed E-state index contributed by atoms with van der Waals surface area (Å²) in [5, 5.41) is 0. The van der Waals surface area contributed by atoms with Crippen molar-refractivity contribution in [1.29, 1.82) is 0 Å². The van der Waals surface area contributed by atoms with Crippen molar-refractivity contribution in [3.05, 3.63) is 29.8 Å². The first kappa shape index (κ1) is 23.1. The zero-order chi connectivity index (χ0) is 16.4. The fraction of sp³-hybridized carbons (Fsp3) is 0.400. The maximum absolute atomic E-state index is 10.7. The fourth-order valence-electron chi connectivity index (χ4n) is 1.13. The van der Waals surface area contributed by atoms with E-state index in [1.165, 1.54) is 12.1 Å². The van der Waals surface area contributed by atoms with Gasteiger partial charge in [-0.2, -0.15) is 8.42 Å². The predicted octanol–water partition coefficient (Wildman–Crippen LogP) is 4.54. The molecule has 0 heterocycles. The minimum atomic E-state index is -8.55. The molecule has 0 aliphatic carbocycles. The molecule has 0 aliphatic heterocycles. The van der Waals surface area contributed by atoms with E-state index in [2.05, 4.69) is 0 Å². The van der Waals surface area contributed by atoms with E-state index in [0.717, 1.165) is 5.56 Å². The Hall–Kier alpha value is -0.193. The van der Waals surface area contributed by atoms with Crippen LogP contribution in [0.1, 0.15) is 26.3 Å². The molecule has 0 saturated heterocycles. The van der Waals surface area contributed by atoms with Crippen LogP contribution in [-0.4, -0.2) is 31.8 Å². The van der Waals surface area contributed by atoms with Crippen LogP contribution in [0.2, 0.25) is 0 Å². The Morgan fingerprint density at radius 2 is 1.24 bits per heavy atom. The molecule has 1 aromatic rings. The molecule has 0 aromatic heterocycles. The van der Waals surface area contributed by atoms with Crippen LogP contribution in [0.4, 0.5) is 21.0 Å². The summed E-state index contributed by atoms with van der Waals surface area (Å²) in [4.78, 5) is -0.0644. The number of halogens is 5. The van der Waals surface area contributed by atoms with Gasteiger partial charge in [0.2, 0.25) is 0 Å². The van der Waals surface area contributed by atoms with Gasteiger partial charge in [0.05, 0.1) is 4.90 Å². The summed E-state index contributed by atoms with van der Waals surface area (Å²) < 4.78 is 79.4. The van der Waals surface area contributed by atoms with Gasteiger partial charge in [-0.05, 0) is 23.1 Å². The second-order valence-corrected chi connectivity index (χ2v) is 7.59. The van der Waals surface area contributed by atoms with Gasteiger partial charge in [-0.3, -0.25) is 4.55 Å². The monoisotopic (exact) mass is 348 g/mol. The molecule has 120 valence electrons. The quantitative estimate of drug-likeness (QED) is 0.351. The van der Waals surface area contributed by atoms with Crippen LogP contribution in [0.25, 0.3) is 0 Å². The van der Waals surface area contributed by atoms with Gasteiger partial charge in [-0.1, -0.05) is 32.9 Å². The Morgan fingerprint density at radius 3 is 1.43 bits per heavy atom. The fourth-order valence-corrected chi connectivity index (χ4v) is 1.61. The van der Waals surface area contributed by atoms with Crippen molar-refractivity contribution in [2.75, 3.05) is 0 Å². The molecular weight excluding hydrogens is 333 g/mol. The van der Waals surface area contributed by atoms with Crippen LogP contribution in [-0.2, 0) is 15.5 Å². The second kappa shape index (κ2) is 6.93. The molecule has 1 N–H and O–H groups in total. The van der Waals surface area contributed by atoms with Crippen LogP contribution >= 0.6 is 8.16 Å². The third kappa shape index (κ3) is 13.2. The molecule has 11 heteroatoms. The first-order valence-electron chi connectivity index (χ1n) is 5.14. The van der Waals surface area contributed by atoms with Crippen molar-refractivity contribution in [1.82, 2.24) is 0 Å². The van der Waals surface area contributed by atoms with Crippen LogP contribution < -0.4 is 0 Å². The summed E-state index contributed by atoms with van der Waals surface area (Å²) in [6.45, 7) is 6.11. The van der Waals surface area contributed by atoms with Gasteiger partial charge >= 0.3 is 48.0 Å². The SMILES string of the molecule is CC(C)(C)c1ccc(S(=O)(=O)O)cc1.FP(F)(F)(F)F.[LiH]. The van der Waals surface area contributed by atoms with Crippen LogP contribution in [0, 0.1) is 0 Å². The predicted molar refractivity (Wildman–Crippen MR) is 74.6 cm³/mol. The van der Waals surface area contributed by atoms with E-state index in [4.69, 9.17) is 4.55 Å². The molecule has 0 bridgehead atoms. The molecule has 0 unspecified atom stereocenters. The molecule has 1 rings (SSSR count). The van der Waals surface area contributed by atoms with E-state index in [1.54, 1.807) is 12.1 Å². The summed E-state index contributed by atoms with van der Waals surface area (Å²) in [5.74, 6) is 0. The third-order valence-corrected chi connectivity index (χ3v) is 2.89. The average Bonchev–Trinajstić information content (AvgIpc) is 2.11. The Bertz CT molecular complexity index is 544. The molecule has 3 nitrogen and oxygen atoms in total. The summed E-state index contributed by atoms with van der Waals surface area (Å²) in [7, 11) is -12.6. The number of hydrogen-bond donors (Lipinski definition) is 1. The summed E-state index contributed by atoms with van der Waals surface area (Å²) in [6.07, 6.45) is 0. The molecule has 0 atom stereocenters. The standard InChI is InChI=1S/C10H14O3S.F5P.Li.H/c1-10(2,3)8-4-6-9(7-5-8)14(11,12)13;1-6(2,3,4)5;;/h4-7H,1-3H3,(H,11,12,13);;;. The first-order valence-corrected chi connectivity index (χ1v) is 8.27. The maximum atomic E-state index is 10.7. The van der Waals surface area contributed by atoms with Crippen molar-refractivity contribution in [3.8, 4) is 0 Å². The van der Waals surface area contributed by atoms with Crippen molar-refractivity contribution >= 4 is 37.1 Å². The molecule has 21 heavy (non-hydrogen) atoms. The van der Waals surface area contributed by atoms with Crippen molar-refractivity contribution < 1.29 is 34.0 Å². The summed E-state index contributed by atoms with van der Waals surface area (Å²) >= 11 is 0. The zero-order valence-electron chi connectivity index (χ0n) is 10.8. The third-order valence-electron chi connectivity index (χ3n) is 2.02. The van der Waals surface area contributed by atoms with E-state index >= 15 is 0 Å². The van der Waals surface area contributed by atoms with Gasteiger partial charge in [0.25, 0.3) is 10.1 Å². The van der Waals surface area contributed by atoms with Gasteiger partial charge in [0.15, 0.2) is 0 Å². The first-order chi connectivity index (χ1) is 8.45. The Labute approximate surface area is 132 Å². The summed E-state index contributed by atoms with van der Waals surface area (Å²) in [6, 6.07) is 6.25. The molecule has 0 radical (unpaired) electrons. The number of benzene rings is 1. The van der Waals surface area contributed by atoms with E-state index in [1.807, 2.05) is 20.8 Å². The van der Waals surface area contributed by atoms with Gasteiger partial charge in [0, 0.05) is 0 Å². The van der Waals surface area contributed by atoms with Crippen LogP contribution in [0.5, 0.6) is 0 Å².